The van der Waals surface area contributed by atoms with Crippen LogP contribution in [0.25, 0.3) is 11.0 Å². The normalized spacial score (nSPS) is 16.5. The van der Waals surface area contributed by atoms with Gasteiger partial charge in [0.25, 0.3) is 11.5 Å². The number of hydrogen-bond acceptors (Lipinski definition) is 6. The van der Waals surface area contributed by atoms with E-state index in [1.807, 2.05) is 4.90 Å². The summed E-state index contributed by atoms with van der Waals surface area (Å²) in [5.41, 5.74) is 0.722. The summed E-state index contributed by atoms with van der Waals surface area (Å²) in [6.07, 6.45) is 0.452. The summed E-state index contributed by atoms with van der Waals surface area (Å²) in [7, 11) is 0. The molecule has 0 bridgehead atoms. The molecule has 1 saturated heterocycles. The molecule has 4 rings (SSSR count). The summed E-state index contributed by atoms with van der Waals surface area (Å²) >= 11 is 0. The van der Waals surface area contributed by atoms with Gasteiger partial charge in [-0.2, -0.15) is 4.39 Å². The van der Waals surface area contributed by atoms with E-state index in [4.69, 9.17) is 4.11 Å². The molecule has 2 N–H and O–H groups in total. The second-order valence-corrected chi connectivity index (χ2v) is 7.52. The third kappa shape index (κ3) is 4.18. The van der Waals surface area contributed by atoms with Crippen molar-refractivity contribution in [1.82, 2.24) is 25.2 Å². The molecular weight excluding hydrogens is 418 g/mol. The standard InChI is InChI=1S/C22H24F2N6O2/c1-3-14-22(32)28-19-15(26-14)5-4-13(18(19)23)12-29-8-10-30(11-9-29)17-7-6-16(21(31)25-2)27-20(17)24/h4-7H,3,8-12H2,1-2H3,(H,25,31)(H,28,32)/i2D3. The fourth-order valence-corrected chi connectivity index (χ4v) is 3.81. The second-order valence-electron chi connectivity index (χ2n) is 7.52. The van der Waals surface area contributed by atoms with Crippen molar-refractivity contribution in [2.45, 2.75) is 19.9 Å². The lowest BCUT2D eigenvalue weighted by atomic mass is 10.1. The number of nitrogens with zero attached hydrogens (tertiary/aromatic N) is 4. The first-order valence-corrected chi connectivity index (χ1v) is 10.2. The van der Waals surface area contributed by atoms with Crippen LogP contribution in [0.15, 0.2) is 29.1 Å². The van der Waals surface area contributed by atoms with Gasteiger partial charge in [-0.25, -0.2) is 14.4 Å². The molecule has 0 radical (unpaired) electrons. The number of halogens is 2. The summed E-state index contributed by atoms with van der Waals surface area (Å²) in [6.45, 7) is 1.33. The quantitative estimate of drug-likeness (QED) is 0.582. The zero-order valence-electron chi connectivity index (χ0n) is 20.4. The highest BCUT2D eigenvalue weighted by Crippen LogP contribution is 2.22. The van der Waals surface area contributed by atoms with Crippen LogP contribution in [0.5, 0.6) is 0 Å². The van der Waals surface area contributed by atoms with Gasteiger partial charge in [-0.05, 0) is 24.6 Å². The molecule has 2 aromatic heterocycles. The Kier molecular flexibility index (Phi) is 5.11. The summed E-state index contributed by atoms with van der Waals surface area (Å²) in [5.74, 6) is -2.38. The number of aryl methyl sites for hydroxylation is 1. The van der Waals surface area contributed by atoms with Crippen molar-refractivity contribution in [1.29, 1.82) is 0 Å². The van der Waals surface area contributed by atoms with Gasteiger partial charge in [-0.1, -0.05) is 13.0 Å². The first-order chi connectivity index (χ1) is 16.6. The van der Waals surface area contributed by atoms with E-state index in [9.17, 15) is 14.0 Å². The minimum Gasteiger partial charge on any atom is -0.365 e. The van der Waals surface area contributed by atoms with Gasteiger partial charge in [0.2, 0.25) is 5.95 Å². The highest BCUT2D eigenvalue weighted by molar-refractivity contribution is 5.92. The Morgan fingerprint density at radius 2 is 1.97 bits per heavy atom. The largest absolute Gasteiger partial charge is 0.365 e. The third-order valence-corrected chi connectivity index (χ3v) is 5.57. The van der Waals surface area contributed by atoms with Gasteiger partial charge in [-0.15, -0.1) is 0 Å². The van der Waals surface area contributed by atoms with Crippen LogP contribution < -0.4 is 15.8 Å². The number of benzene rings is 1. The molecule has 32 heavy (non-hydrogen) atoms. The Hall–Kier alpha value is -3.40. The van der Waals surface area contributed by atoms with E-state index in [1.54, 1.807) is 29.3 Å². The molecule has 0 aliphatic carbocycles. The molecule has 1 aliphatic rings. The molecule has 1 aromatic carbocycles. The SMILES string of the molecule is [2H]C([2H])([2H])NC(=O)c1ccc(N2CCN(Cc3ccc4nc(CC)c(=O)[nH]c4c3F)CC2)c(F)n1. The molecule has 168 valence electrons. The number of pyridine rings is 1. The molecule has 3 aromatic rings. The molecule has 3 heterocycles. The Labute approximate surface area is 187 Å². The van der Waals surface area contributed by atoms with Crippen molar-refractivity contribution in [2.75, 3.05) is 38.1 Å². The predicted molar refractivity (Wildman–Crippen MR) is 117 cm³/mol. The number of hydrogen-bond donors (Lipinski definition) is 2. The fourth-order valence-electron chi connectivity index (χ4n) is 3.81. The van der Waals surface area contributed by atoms with Crippen LogP contribution >= 0.6 is 0 Å². The van der Waals surface area contributed by atoms with Crippen LogP contribution in [0.4, 0.5) is 14.5 Å². The highest BCUT2D eigenvalue weighted by atomic mass is 19.1. The van der Waals surface area contributed by atoms with E-state index in [0.29, 0.717) is 55.9 Å². The van der Waals surface area contributed by atoms with Crippen LogP contribution in [-0.4, -0.2) is 58.9 Å². The Balaban J connectivity index is 1.42. The average molecular weight is 445 g/mol. The number of H-pyrrole nitrogens is 1. The smallest absolute Gasteiger partial charge is 0.270 e. The average Bonchev–Trinajstić information content (AvgIpc) is 2.80. The number of carbonyl (C=O) groups excluding carboxylic acids is 1. The van der Waals surface area contributed by atoms with E-state index >= 15 is 4.39 Å². The third-order valence-electron chi connectivity index (χ3n) is 5.57. The van der Waals surface area contributed by atoms with Crippen LogP contribution in [0.3, 0.4) is 0 Å². The number of nitrogens with one attached hydrogen (secondary N) is 2. The summed E-state index contributed by atoms with van der Waals surface area (Å²) in [6, 6.07) is 6.00. The van der Waals surface area contributed by atoms with Crippen molar-refractivity contribution in [3.8, 4) is 0 Å². The van der Waals surface area contributed by atoms with Gasteiger partial charge in [0, 0.05) is 49.4 Å². The monoisotopic (exact) mass is 445 g/mol. The maximum absolute atomic E-state index is 15.1. The number of aromatic nitrogens is 3. The Morgan fingerprint density at radius 1 is 1.19 bits per heavy atom. The first kappa shape index (κ1) is 18.2. The number of carbonyl (C=O) groups is 1. The molecule has 1 amide bonds. The lowest BCUT2D eigenvalue weighted by Crippen LogP contribution is -2.46. The maximum Gasteiger partial charge on any atom is 0.270 e. The van der Waals surface area contributed by atoms with Gasteiger partial charge in [-0.3, -0.25) is 14.5 Å². The Morgan fingerprint density at radius 3 is 2.66 bits per heavy atom. The van der Waals surface area contributed by atoms with Crippen molar-refractivity contribution in [3.63, 3.8) is 0 Å². The second kappa shape index (κ2) is 8.99. The zero-order valence-corrected chi connectivity index (χ0v) is 17.4. The molecule has 0 unspecified atom stereocenters. The van der Waals surface area contributed by atoms with Crippen LogP contribution in [0, 0.1) is 11.8 Å². The minimum atomic E-state index is -2.70. The van der Waals surface area contributed by atoms with Crippen LogP contribution in [-0.2, 0) is 13.0 Å². The van der Waals surface area contributed by atoms with Crippen molar-refractivity contribution in [3.05, 3.63) is 63.3 Å². The molecule has 8 nitrogen and oxygen atoms in total. The Bertz CT molecular complexity index is 1320. The summed E-state index contributed by atoms with van der Waals surface area (Å²) < 4.78 is 50.9. The van der Waals surface area contributed by atoms with E-state index in [-0.39, 0.29) is 16.9 Å². The molecule has 1 aliphatic heterocycles. The number of aromatic amines is 1. The van der Waals surface area contributed by atoms with Gasteiger partial charge >= 0.3 is 0 Å². The minimum absolute atomic E-state index is 0.0825. The maximum atomic E-state index is 15.1. The lowest BCUT2D eigenvalue weighted by molar-refractivity contribution is 0.0957. The van der Waals surface area contributed by atoms with Crippen LogP contribution in [0.1, 0.15) is 32.8 Å². The van der Waals surface area contributed by atoms with Gasteiger partial charge in [0.15, 0.2) is 5.82 Å². The number of piperazine rings is 1. The summed E-state index contributed by atoms with van der Waals surface area (Å²) in [5, 5.41) is 1.77. The van der Waals surface area contributed by atoms with Gasteiger partial charge in [0.05, 0.1) is 11.2 Å². The molecule has 10 heteroatoms. The fraction of sp³-hybridized carbons (Fsp3) is 0.364. The van der Waals surface area contributed by atoms with Gasteiger partial charge < -0.3 is 15.2 Å². The molecule has 0 atom stereocenters. The molecule has 0 spiro atoms. The first-order valence-electron chi connectivity index (χ1n) is 11.7. The van der Waals surface area contributed by atoms with E-state index < -0.39 is 30.2 Å². The molecule has 1 fully saturated rings. The molecular formula is C22H24F2N6O2. The van der Waals surface area contributed by atoms with Crippen LogP contribution in [0.2, 0.25) is 0 Å². The van der Waals surface area contributed by atoms with Crippen molar-refractivity contribution in [2.24, 2.45) is 0 Å². The number of amides is 1. The number of anilines is 1. The van der Waals surface area contributed by atoms with Crippen molar-refractivity contribution >= 4 is 22.6 Å². The topological polar surface area (TPSA) is 94.2 Å². The molecule has 0 saturated carbocycles. The zero-order chi connectivity index (χ0) is 25.3. The van der Waals surface area contributed by atoms with E-state index in [1.165, 1.54) is 12.1 Å². The predicted octanol–water partition coefficient (Wildman–Crippen LogP) is 1.84. The van der Waals surface area contributed by atoms with Crippen molar-refractivity contribution < 1.29 is 17.7 Å². The number of fused-ring (bicyclic) bond motifs is 1. The van der Waals surface area contributed by atoms with E-state index in [0.717, 1.165) is 0 Å². The highest BCUT2D eigenvalue weighted by Gasteiger charge is 2.22. The van der Waals surface area contributed by atoms with Gasteiger partial charge in [0.1, 0.15) is 16.9 Å². The summed E-state index contributed by atoms with van der Waals surface area (Å²) in [4.78, 5) is 38.1. The number of rotatable bonds is 5. The van der Waals surface area contributed by atoms with E-state index in [2.05, 4.69) is 15.0 Å². The lowest BCUT2D eigenvalue weighted by Gasteiger charge is -2.36.